The molecule has 0 bridgehead atoms. The lowest BCUT2D eigenvalue weighted by Gasteiger charge is -1.90. The van der Waals surface area contributed by atoms with Crippen molar-refractivity contribution >= 4 is 22.9 Å². The van der Waals surface area contributed by atoms with Gasteiger partial charge < -0.3 is 4.98 Å². The molecule has 0 radical (unpaired) electrons. The molecule has 0 atom stereocenters. The minimum absolute atomic E-state index is 0.608. The molecular formula is C10H11ClN2S. The number of thiophene rings is 1. The minimum Gasteiger partial charge on any atom is -0.346 e. The maximum absolute atomic E-state index is 5.67. The van der Waals surface area contributed by atoms with Gasteiger partial charge in [0, 0.05) is 18.0 Å². The summed E-state index contributed by atoms with van der Waals surface area (Å²) in [6.07, 6.45) is 0.799. The van der Waals surface area contributed by atoms with Gasteiger partial charge in [0.2, 0.25) is 0 Å². The molecule has 2 heterocycles. The zero-order valence-corrected chi connectivity index (χ0v) is 9.45. The second-order valence-electron chi connectivity index (χ2n) is 3.07. The van der Waals surface area contributed by atoms with E-state index < -0.39 is 0 Å². The third-order valence-corrected chi connectivity index (χ3v) is 3.09. The van der Waals surface area contributed by atoms with Gasteiger partial charge in [-0.3, -0.25) is 0 Å². The summed E-state index contributed by atoms with van der Waals surface area (Å²) in [5.74, 6) is 1.58. The van der Waals surface area contributed by atoms with Crippen LogP contribution in [0.25, 0.3) is 10.6 Å². The monoisotopic (exact) mass is 226 g/mol. The highest BCUT2D eigenvalue weighted by Crippen LogP contribution is 2.25. The van der Waals surface area contributed by atoms with Crippen molar-refractivity contribution in [3.63, 3.8) is 0 Å². The lowest BCUT2D eigenvalue weighted by atomic mass is 10.3. The van der Waals surface area contributed by atoms with Gasteiger partial charge in [0.25, 0.3) is 0 Å². The summed E-state index contributed by atoms with van der Waals surface area (Å²) < 4.78 is 0. The van der Waals surface area contributed by atoms with Crippen LogP contribution in [-0.4, -0.2) is 15.8 Å². The van der Waals surface area contributed by atoms with E-state index in [1.165, 1.54) is 4.88 Å². The molecule has 0 saturated carbocycles. The SMILES string of the molecule is Cc1[nH]c(CCCl)nc1-c1cccs1. The Morgan fingerprint density at radius 3 is 3.07 bits per heavy atom. The zero-order valence-electron chi connectivity index (χ0n) is 7.88. The Hall–Kier alpha value is -0.800. The van der Waals surface area contributed by atoms with Gasteiger partial charge in [0.1, 0.15) is 11.5 Å². The summed E-state index contributed by atoms with van der Waals surface area (Å²) in [6.45, 7) is 2.04. The fourth-order valence-electron chi connectivity index (χ4n) is 1.38. The van der Waals surface area contributed by atoms with Gasteiger partial charge in [-0.15, -0.1) is 22.9 Å². The van der Waals surface area contributed by atoms with Crippen molar-refractivity contribution in [2.24, 2.45) is 0 Å². The molecule has 0 saturated heterocycles. The predicted octanol–water partition coefficient (Wildman–Crippen LogP) is 3.23. The first kappa shape index (κ1) is 9.74. The number of alkyl halides is 1. The van der Waals surface area contributed by atoms with Crippen molar-refractivity contribution in [2.45, 2.75) is 13.3 Å². The highest BCUT2D eigenvalue weighted by Gasteiger charge is 2.08. The number of nitrogens with zero attached hydrogens (tertiary/aromatic N) is 1. The number of H-pyrrole nitrogens is 1. The quantitative estimate of drug-likeness (QED) is 0.800. The van der Waals surface area contributed by atoms with E-state index in [4.69, 9.17) is 11.6 Å². The molecule has 2 aromatic rings. The smallest absolute Gasteiger partial charge is 0.108 e. The van der Waals surface area contributed by atoms with E-state index in [1.54, 1.807) is 11.3 Å². The molecule has 2 aromatic heterocycles. The maximum atomic E-state index is 5.67. The number of halogens is 1. The predicted molar refractivity (Wildman–Crippen MR) is 61.1 cm³/mol. The molecule has 0 aliphatic heterocycles. The van der Waals surface area contributed by atoms with Crippen LogP contribution in [0.3, 0.4) is 0 Å². The fourth-order valence-corrected chi connectivity index (χ4v) is 2.33. The molecule has 2 rings (SSSR count). The van der Waals surface area contributed by atoms with E-state index >= 15 is 0 Å². The van der Waals surface area contributed by atoms with Crippen molar-refractivity contribution < 1.29 is 0 Å². The summed E-state index contributed by atoms with van der Waals surface area (Å²) in [6, 6.07) is 4.12. The maximum Gasteiger partial charge on any atom is 0.108 e. The number of imidazole rings is 1. The van der Waals surface area contributed by atoms with Crippen molar-refractivity contribution in [3.05, 3.63) is 29.0 Å². The Morgan fingerprint density at radius 1 is 1.57 bits per heavy atom. The van der Waals surface area contributed by atoms with Crippen molar-refractivity contribution in [2.75, 3.05) is 5.88 Å². The Balaban J connectivity index is 2.35. The van der Waals surface area contributed by atoms with Gasteiger partial charge in [-0.1, -0.05) is 6.07 Å². The first-order valence-corrected chi connectivity index (χ1v) is 5.88. The molecule has 0 amide bonds. The number of aromatic nitrogens is 2. The van der Waals surface area contributed by atoms with E-state index in [0.717, 1.165) is 23.6 Å². The summed E-state index contributed by atoms with van der Waals surface area (Å²) in [5.41, 5.74) is 2.17. The van der Waals surface area contributed by atoms with Crippen LogP contribution >= 0.6 is 22.9 Å². The highest BCUT2D eigenvalue weighted by molar-refractivity contribution is 7.13. The van der Waals surface area contributed by atoms with Crippen LogP contribution in [0.2, 0.25) is 0 Å². The van der Waals surface area contributed by atoms with E-state index in [1.807, 2.05) is 13.0 Å². The third-order valence-electron chi connectivity index (χ3n) is 2.02. The van der Waals surface area contributed by atoms with E-state index in [2.05, 4.69) is 21.4 Å². The molecule has 74 valence electrons. The van der Waals surface area contributed by atoms with E-state index in [9.17, 15) is 0 Å². The summed E-state index contributed by atoms with van der Waals surface area (Å²) in [5, 5.41) is 2.06. The number of hydrogen-bond acceptors (Lipinski definition) is 2. The minimum atomic E-state index is 0.608. The summed E-state index contributed by atoms with van der Waals surface area (Å²) >= 11 is 7.37. The third kappa shape index (κ3) is 1.83. The normalized spacial score (nSPS) is 10.7. The van der Waals surface area contributed by atoms with Gasteiger partial charge in [0.05, 0.1) is 4.88 Å². The molecule has 0 fully saturated rings. The first-order chi connectivity index (χ1) is 6.81. The Labute approximate surface area is 92.0 Å². The number of aromatic amines is 1. The number of hydrogen-bond donors (Lipinski definition) is 1. The second kappa shape index (κ2) is 4.15. The lowest BCUT2D eigenvalue weighted by molar-refractivity contribution is 0.988. The average Bonchev–Trinajstić information content (AvgIpc) is 2.74. The Kier molecular flexibility index (Phi) is 2.89. The summed E-state index contributed by atoms with van der Waals surface area (Å²) in [7, 11) is 0. The molecule has 14 heavy (non-hydrogen) atoms. The van der Waals surface area contributed by atoms with Crippen LogP contribution in [0, 0.1) is 6.92 Å². The molecule has 2 nitrogen and oxygen atoms in total. The standard InChI is InChI=1S/C10H11ClN2S/c1-7-10(8-3-2-6-14-8)13-9(12-7)4-5-11/h2-3,6H,4-5H2,1H3,(H,12,13). The molecule has 0 aromatic carbocycles. The van der Waals surface area contributed by atoms with E-state index in [-0.39, 0.29) is 0 Å². The highest BCUT2D eigenvalue weighted by atomic mass is 35.5. The van der Waals surface area contributed by atoms with Gasteiger partial charge in [-0.2, -0.15) is 0 Å². The van der Waals surface area contributed by atoms with Crippen molar-refractivity contribution in [1.29, 1.82) is 0 Å². The topological polar surface area (TPSA) is 28.7 Å². The van der Waals surface area contributed by atoms with Crippen LogP contribution in [0.1, 0.15) is 11.5 Å². The Morgan fingerprint density at radius 2 is 2.43 bits per heavy atom. The molecule has 0 aliphatic carbocycles. The molecule has 1 N–H and O–H groups in total. The van der Waals surface area contributed by atoms with Crippen LogP contribution in [0.5, 0.6) is 0 Å². The van der Waals surface area contributed by atoms with Gasteiger partial charge in [-0.25, -0.2) is 4.98 Å². The molecule has 0 aliphatic rings. The van der Waals surface area contributed by atoms with E-state index in [0.29, 0.717) is 5.88 Å². The van der Waals surface area contributed by atoms with Gasteiger partial charge in [0.15, 0.2) is 0 Å². The Bertz CT molecular complexity index is 406. The average molecular weight is 227 g/mol. The van der Waals surface area contributed by atoms with Crippen molar-refractivity contribution in [3.8, 4) is 10.6 Å². The fraction of sp³-hybridized carbons (Fsp3) is 0.300. The molecule has 4 heteroatoms. The van der Waals surface area contributed by atoms with Crippen LogP contribution in [0.15, 0.2) is 17.5 Å². The zero-order chi connectivity index (χ0) is 9.97. The van der Waals surface area contributed by atoms with Crippen LogP contribution in [-0.2, 0) is 6.42 Å². The molecular weight excluding hydrogens is 216 g/mol. The second-order valence-corrected chi connectivity index (χ2v) is 4.40. The lowest BCUT2D eigenvalue weighted by Crippen LogP contribution is -1.88. The molecule has 0 unspecified atom stereocenters. The number of rotatable bonds is 3. The number of aryl methyl sites for hydroxylation is 2. The van der Waals surface area contributed by atoms with Crippen LogP contribution in [0.4, 0.5) is 0 Å². The number of nitrogens with one attached hydrogen (secondary N) is 1. The molecule has 0 spiro atoms. The largest absolute Gasteiger partial charge is 0.346 e. The van der Waals surface area contributed by atoms with Gasteiger partial charge >= 0.3 is 0 Å². The first-order valence-electron chi connectivity index (χ1n) is 4.46. The van der Waals surface area contributed by atoms with Gasteiger partial charge in [-0.05, 0) is 18.4 Å². The summed E-state index contributed by atoms with van der Waals surface area (Å²) in [4.78, 5) is 8.97. The van der Waals surface area contributed by atoms with Crippen molar-refractivity contribution in [1.82, 2.24) is 9.97 Å². The van der Waals surface area contributed by atoms with Crippen LogP contribution < -0.4 is 0 Å².